The first kappa shape index (κ1) is 20.3. The van der Waals surface area contributed by atoms with E-state index in [9.17, 15) is 13.2 Å². The van der Waals surface area contributed by atoms with Crippen LogP contribution in [0.15, 0.2) is 23.1 Å². The molecule has 0 spiro atoms. The van der Waals surface area contributed by atoms with Crippen molar-refractivity contribution < 1.29 is 13.2 Å². The first-order valence-electron chi connectivity index (χ1n) is 9.99. The number of carbonyl (C=O) groups excluding carboxylic acids is 1. The van der Waals surface area contributed by atoms with Crippen molar-refractivity contribution in [2.75, 3.05) is 19.6 Å². The largest absolute Gasteiger partial charge is 0.349 e. The number of aryl methyl sites for hydroxylation is 1. The first-order valence-corrected chi connectivity index (χ1v) is 11.5. The Morgan fingerprint density at radius 2 is 1.81 bits per heavy atom. The van der Waals surface area contributed by atoms with Gasteiger partial charge in [-0.05, 0) is 56.2 Å². The lowest BCUT2D eigenvalue weighted by atomic mass is 9.88. The maximum atomic E-state index is 12.7. The number of benzene rings is 1. The molecule has 2 aliphatic rings. The van der Waals surface area contributed by atoms with Crippen LogP contribution in [0.5, 0.6) is 0 Å². The summed E-state index contributed by atoms with van der Waals surface area (Å²) in [4.78, 5) is 15.2. The van der Waals surface area contributed by atoms with Crippen molar-refractivity contribution in [2.24, 2.45) is 11.1 Å². The molecule has 150 valence electrons. The summed E-state index contributed by atoms with van der Waals surface area (Å²) in [5.41, 5.74) is 1.13. The number of sulfonamides is 1. The zero-order valence-electron chi connectivity index (χ0n) is 16.1. The van der Waals surface area contributed by atoms with Crippen molar-refractivity contribution in [3.05, 3.63) is 29.3 Å². The van der Waals surface area contributed by atoms with E-state index in [1.807, 2.05) is 0 Å². The minimum atomic E-state index is -3.82. The number of likely N-dealkylation sites (tertiary alicyclic amines) is 1. The van der Waals surface area contributed by atoms with Gasteiger partial charge in [-0.1, -0.05) is 25.3 Å². The van der Waals surface area contributed by atoms with Crippen LogP contribution >= 0.6 is 0 Å². The van der Waals surface area contributed by atoms with Gasteiger partial charge in [0.15, 0.2) is 0 Å². The van der Waals surface area contributed by atoms with Gasteiger partial charge in [0.2, 0.25) is 10.0 Å². The van der Waals surface area contributed by atoms with Gasteiger partial charge in [0.05, 0.1) is 4.90 Å². The number of amides is 1. The molecule has 2 fully saturated rings. The fourth-order valence-electron chi connectivity index (χ4n) is 4.28. The van der Waals surface area contributed by atoms with E-state index in [4.69, 9.17) is 5.14 Å². The van der Waals surface area contributed by atoms with Crippen LogP contribution in [-0.4, -0.2) is 44.9 Å². The molecule has 3 rings (SSSR count). The summed E-state index contributed by atoms with van der Waals surface area (Å²) >= 11 is 0. The molecule has 1 aliphatic carbocycles. The summed E-state index contributed by atoms with van der Waals surface area (Å²) in [5, 5.41) is 8.26. The van der Waals surface area contributed by atoms with E-state index in [1.54, 1.807) is 13.0 Å². The maximum Gasteiger partial charge on any atom is 0.251 e. The Morgan fingerprint density at radius 3 is 2.44 bits per heavy atom. The molecule has 1 aliphatic heterocycles. The predicted octanol–water partition coefficient (Wildman–Crippen LogP) is 2.42. The standard InChI is InChI=1S/C20H31N3O3S/c1-15-7-8-18(27(21,25)26)13-19(15)20(24)22-17-9-11-23(12-10-17)14-16-5-3-2-4-6-16/h7-8,13,16-17H,2-6,9-12,14H2,1H3,(H,22,24)(H2,21,25,26). The topological polar surface area (TPSA) is 92.5 Å². The number of primary sulfonamides is 1. The molecule has 7 heteroatoms. The van der Waals surface area contributed by atoms with Crippen molar-refractivity contribution in [2.45, 2.75) is 62.8 Å². The Kier molecular flexibility index (Phi) is 6.55. The Bertz CT molecular complexity index is 765. The van der Waals surface area contributed by atoms with E-state index in [-0.39, 0.29) is 16.8 Å². The molecule has 0 atom stereocenters. The fraction of sp³-hybridized carbons (Fsp3) is 0.650. The molecule has 1 aromatic rings. The molecular formula is C20H31N3O3S. The smallest absolute Gasteiger partial charge is 0.251 e. The number of piperidine rings is 1. The maximum absolute atomic E-state index is 12.7. The molecule has 3 N–H and O–H groups in total. The molecule has 1 aromatic carbocycles. The van der Waals surface area contributed by atoms with Gasteiger partial charge in [0.25, 0.3) is 5.91 Å². The number of nitrogens with one attached hydrogen (secondary N) is 1. The van der Waals surface area contributed by atoms with E-state index in [2.05, 4.69) is 10.2 Å². The summed E-state index contributed by atoms with van der Waals surface area (Å²) < 4.78 is 23.1. The van der Waals surface area contributed by atoms with Crippen molar-refractivity contribution in [3.8, 4) is 0 Å². The van der Waals surface area contributed by atoms with Crippen molar-refractivity contribution >= 4 is 15.9 Å². The van der Waals surface area contributed by atoms with Gasteiger partial charge in [0.1, 0.15) is 0 Å². The van der Waals surface area contributed by atoms with Gasteiger partial charge in [0, 0.05) is 31.2 Å². The van der Waals surface area contributed by atoms with Gasteiger partial charge in [-0.3, -0.25) is 4.79 Å². The molecule has 0 radical (unpaired) electrons. The Labute approximate surface area is 162 Å². The number of nitrogens with zero attached hydrogens (tertiary/aromatic N) is 1. The van der Waals surface area contributed by atoms with Gasteiger partial charge in [-0.15, -0.1) is 0 Å². The quantitative estimate of drug-likeness (QED) is 0.803. The number of carbonyl (C=O) groups is 1. The lowest BCUT2D eigenvalue weighted by Crippen LogP contribution is -2.46. The van der Waals surface area contributed by atoms with Crippen LogP contribution in [0.25, 0.3) is 0 Å². The Balaban J connectivity index is 1.53. The third-order valence-electron chi connectivity index (χ3n) is 5.95. The normalized spacial score (nSPS) is 20.5. The van der Waals surface area contributed by atoms with Crippen LogP contribution < -0.4 is 10.5 Å². The molecule has 6 nitrogen and oxygen atoms in total. The van der Waals surface area contributed by atoms with Crippen LogP contribution in [-0.2, 0) is 10.0 Å². The third kappa shape index (κ3) is 5.53. The van der Waals surface area contributed by atoms with Crippen LogP contribution in [0.2, 0.25) is 0 Å². The van der Waals surface area contributed by atoms with Crippen LogP contribution in [0.1, 0.15) is 60.9 Å². The van der Waals surface area contributed by atoms with E-state index in [0.717, 1.165) is 37.4 Å². The Morgan fingerprint density at radius 1 is 1.15 bits per heavy atom. The molecule has 1 amide bonds. The summed E-state index contributed by atoms with van der Waals surface area (Å²) in [6.45, 7) is 5.01. The molecule has 0 aromatic heterocycles. The lowest BCUT2D eigenvalue weighted by Gasteiger charge is -2.35. The fourth-order valence-corrected chi connectivity index (χ4v) is 4.82. The summed E-state index contributed by atoms with van der Waals surface area (Å²) in [7, 11) is -3.82. The van der Waals surface area contributed by atoms with Gasteiger partial charge in [-0.25, -0.2) is 13.6 Å². The number of nitrogens with two attached hydrogens (primary N) is 1. The van der Waals surface area contributed by atoms with E-state index in [0.29, 0.717) is 5.56 Å². The highest BCUT2D eigenvalue weighted by atomic mass is 32.2. The van der Waals surface area contributed by atoms with Crippen molar-refractivity contribution in [1.82, 2.24) is 10.2 Å². The zero-order chi connectivity index (χ0) is 19.4. The minimum absolute atomic E-state index is 0.0273. The number of rotatable bonds is 5. The second-order valence-corrected chi connectivity index (χ2v) is 9.64. The van der Waals surface area contributed by atoms with Crippen molar-refractivity contribution in [1.29, 1.82) is 0 Å². The highest BCUT2D eigenvalue weighted by Gasteiger charge is 2.24. The molecule has 0 bridgehead atoms. The van der Waals surface area contributed by atoms with E-state index < -0.39 is 10.0 Å². The monoisotopic (exact) mass is 393 g/mol. The van der Waals surface area contributed by atoms with Gasteiger partial charge < -0.3 is 10.2 Å². The second-order valence-electron chi connectivity index (χ2n) is 8.07. The van der Waals surface area contributed by atoms with E-state index >= 15 is 0 Å². The SMILES string of the molecule is Cc1ccc(S(N)(=O)=O)cc1C(=O)NC1CCN(CC2CCCCC2)CC1. The molecule has 1 heterocycles. The Hall–Kier alpha value is -1.44. The summed E-state index contributed by atoms with van der Waals surface area (Å²) in [6, 6.07) is 4.57. The summed E-state index contributed by atoms with van der Waals surface area (Å²) in [6.07, 6.45) is 8.71. The third-order valence-corrected chi connectivity index (χ3v) is 6.86. The summed E-state index contributed by atoms with van der Waals surface area (Å²) in [5.74, 6) is 0.622. The predicted molar refractivity (Wildman–Crippen MR) is 106 cm³/mol. The second kappa shape index (κ2) is 8.71. The van der Waals surface area contributed by atoms with Gasteiger partial charge >= 0.3 is 0 Å². The molecule has 0 unspecified atom stereocenters. The number of hydrogen-bond donors (Lipinski definition) is 2. The molecule has 27 heavy (non-hydrogen) atoms. The van der Waals surface area contributed by atoms with Crippen LogP contribution in [0.4, 0.5) is 0 Å². The first-order chi connectivity index (χ1) is 12.8. The van der Waals surface area contributed by atoms with E-state index in [1.165, 1.54) is 50.8 Å². The average molecular weight is 394 g/mol. The van der Waals surface area contributed by atoms with Gasteiger partial charge in [-0.2, -0.15) is 0 Å². The molecule has 1 saturated heterocycles. The lowest BCUT2D eigenvalue weighted by molar-refractivity contribution is 0.0900. The number of hydrogen-bond acceptors (Lipinski definition) is 4. The van der Waals surface area contributed by atoms with Crippen LogP contribution in [0, 0.1) is 12.8 Å². The minimum Gasteiger partial charge on any atom is -0.349 e. The molecule has 1 saturated carbocycles. The molecular weight excluding hydrogens is 362 g/mol. The highest BCUT2D eigenvalue weighted by Crippen LogP contribution is 2.25. The highest BCUT2D eigenvalue weighted by molar-refractivity contribution is 7.89. The van der Waals surface area contributed by atoms with Crippen LogP contribution in [0.3, 0.4) is 0 Å². The average Bonchev–Trinajstić information content (AvgIpc) is 2.63. The van der Waals surface area contributed by atoms with Crippen molar-refractivity contribution in [3.63, 3.8) is 0 Å². The zero-order valence-corrected chi connectivity index (χ0v) is 16.9.